The second-order valence-corrected chi connectivity index (χ2v) is 6.22. The first-order chi connectivity index (χ1) is 8.42. The van der Waals surface area contributed by atoms with Crippen LogP contribution in [-0.4, -0.2) is 11.8 Å². The van der Waals surface area contributed by atoms with Gasteiger partial charge in [0.05, 0.1) is 0 Å². The molecule has 0 N–H and O–H groups in total. The van der Waals surface area contributed by atoms with Crippen molar-refractivity contribution in [3.05, 3.63) is 34.6 Å². The molecule has 0 aliphatic carbocycles. The van der Waals surface area contributed by atoms with Gasteiger partial charge < -0.3 is 0 Å². The van der Waals surface area contributed by atoms with Gasteiger partial charge in [-0.05, 0) is 36.5 Å². The Hall–Kier alpha value is 0.0200. The summed E-state index contributed by atoms with van der Waals surface area (Å²) in [5.74, 6) is 1.13. The van der Waals surface area contributed by atoms with Crippen molar-refractivity contribution >= 4 is 34.8 Å². The molecule has 0 amide bonds. The standard InChI is InChI=1S/C14H18Cl3F/c1-10(2)6-14(8-15,9-16)7-11-3-4-12(18)5-13(11)17/h3-5,10H,6-9H2,1-2H3. The molecule has 0 saturated heterocycles. The summed E-state index contributed by atoms with van der Waals surface area (Å²) >= 11 is 18.3. The lowest BCUT2D eigenvalue weighted by molar-refractivity contribution is 0.295. The predicted octanol–water partition coefficient (Wildman–Crippen LogP) is 5.53. The highest BCUT2D eigenvalue weighted by Crippen LogP contribution is 2.35. The fraction of sp³-hybridized carbons (Fsp3) is 0.571. The van der Waals surface area contributed by atoms with Crippen LogP contribution >= 0.6 is 34.8 Å². The second-order valence-electron chi connectivity index (χ2n) is 5.28. The molecule has 0 saturated carbocycles. The molecule has 1 rings (SSSR count). The summed E-state index contributed by atoms with van der Waals surface area (Å²) in [6.45, 7) is 4.28. The largest absolute Gasteiger partial charge is 0.207 e. The van der Waals surface area contributed by atoms with E-state index in [1.165, 1.54) is 12.1 Å². The van der Waals surface area contributed by atoms with E-state index < -0.39 is 0 Å². The lowest BCUT2D eigenvalue weighted by Crippen LogP contribution is -2.30. The van der Waals surface area contributed by atoms with E-state index in [9.17, 15) is 4.39 Å². The Morgan fingerprint density at radius 2 is 1.83 bits per heavy atom. The Morgan fingerprint density at radius 1 is 1.22 bits per heavy atom. The van der Waals surface area contributed by atoms with Gasteiger partial charge in [0, 0.05) is 22.2 Å². The number of benzene rings is 1. The highest BCUT2D eigenvalue weighted by Gasteiger charge is 2.30. The lowest BCUT2D eigenvalue weighted by Gasteiger charge is -2.32. The van der Waals surface area contributed by atoms with Crippen molar-refractivity contribution in [2.45, 2.75) is 26.7 Å². The highest BCUT2D eigenvalue weighted by atomic mass is 35.5. The van der Waals surface area contributed by atoms with Crippen LogP contribution in [0.3, 0.4) is 0 Å². The molecule has 0 radical (unpaired) electrons. The van der Waals surface area contributed by atoms with E-state index in [1.54, 1.807) is 6.07 Å². The van der Waals surface area contributed by atoms with Crippen molar-refractivity contribution in [3.63, 3.8) is 0 Å². The van der Waals surface area contributed by atoms with Crippen LogP contribution in [0.5, 0.6) is 0 Å². The second kappa shape index (κ2) is 6.98. The van der Waals surface area contributed by atoms with Gasteiger partial charge in [-0.15, -0.1) is 23.2 Å². The predicted molar refractivity (Wildman–Crippen MR) is 78.4 cm³/mol. The van der Waals surface area contributed by atoms with E-state index in [0.717, 1.165) is 12.0 Å². The van der Waals surface area contributed by atoms with Crippen molar-refractivity contribution in [1.29, 1.82) is 0 Å². The summed E-state index contributed by atoms with van der Waals surface area (Å²) < 4.78 is 13.0. The van der Waals surface area contributed by atoms with Gasteiger partial charge in [0.25, 0.3) is 0 Å². The molecule has 0 aromatic heterocycles. The average molecular weight is 312 g/mol. The maximum atomic E-state index is 13.0. The molecule has 1 aromatic rings. The van der Waals surface area contributed by atoms with E-state index in [0.29, 0.717) is 29.1 Å². The van der Waals surface area contributed by atoms with Gasteiger partial charge >= 0.3 is 0 Å². The zero-order valence-corrected chi connectivity index (χ0v) is 12.9. The Morgan fingerprint density at radius 3 is 2.28 bits per heavy atom. The fourth-order valence-corrected chi connectivity index (χ4v) is 3.17. The first kappa shape index (κ1) is 16.1. The molecule has 1 aromatic carbocycles. The minimum Gasteiger partial charge on any atom is -0.207 e. The normalized spacial score (nSPS) is 12.2. The van der Waals surface area contributed by atoms with Crippen molar-refractivity contribution in [2.75, 3.05) is 11.8 Å². The summed E-state index contributed by atoms with van der Waals surface area (Å²) in [5.41, 5.74) is 0.721. The molecule has 18 heavy (non-hydrogen) atoms. The molecule has 0 aliphatic rings. The summed E-state index contributed by atoms with van der Waals surface area (Å²) in [5, 5.41) is 0.443. The maximum absolute atomic E-state index is 13.0. The number of halogens is 4. The highest BCUT2D eigenvalue weighted by molar-refractivity contribution is 6.31. The molecule has 0 unspecified atom stereocenters. The number of alkyl halides is 2. The summed E-state index contributed by atoms with van der Waals surface area (Å²) in [6, 6.07) is 4.47. The Balaban J connectivity index is 2.95. The van der Waals surface area contributed by atoms with Crippen molar-refractivity contribution in [1.82, 2.24) is 0 Å². The maximum Gasteiger partial charge on any atom is 0.124 e. The molecule has 102 valence electrons. The van der Waals surface area contributed by atoms with Crippen LogP contribution in [0.1, 0.15) is 25.8 Å². The van der Waals surface area contributed by atoms with Crippen LogP contribution in [0.4, 0.5) is 4.39 Å². The molecule has 0 spiro atoms. The van der Waals surface area contributed by atoms with Gasteiger partial charge in [0.1, 0.15) is 5.82 Å². The third-order valence-electron chi connectivity index (χ3n) is 2.99. The number of rotatable bonds is 6. The van der Waals surface area contributed by atoms with Gasteiger partial charge in [0.2, 0.25) is 0 Å². The molecule has 4 heteroatoms. The van der Waals surface area contributed by atoms with Crippen molar-refractivity contribution < 1.29 is 4.39 Å². The van der Waals surface area contributed by atoms with Crippen LogP contribution < -0.4 is 0 Å². The van der Waals surface area contributed by atoms with Crippen LogP contribution in [0.15, 0.2) is 18.2 Å². The van der Waals surface area contributed by atoms with Gasteiger partial charge in [-0.3, -0.25) is 0 Å². The Bertz CT molecular complexity index is 387. The van der Waals surface area contributed by atoms with E-state index in [1.807, 2.05) is 0 Å². The molecular weight excluding hydrogens is 294 g/mol. The van der Waals surface area contributed by atoms with Gasteiger partial charge in [0.15, 0.2) is 0 Å². The van der Waals surface area contributed by atoms with Gasteiger partial charge in [-0.25, -0.2) is 4.39 Å². The Kier molecular flexibility index (Phi) is 6.23. The van der Waals surface area contributed by atoms with Crippen LogP contribution in [-0.2, 0) is 6.42 Å². The lowest BCUT2D eigenvalue weighted by atomic mass is 9.78. The zero-order chi connectivity index (χ0) is 13.8. The third kappa shape index (κ3) is 4.29. The molecular formula is C14H18Cl3F. The van der Waals surface area contributed by atoms with E-state index in [4.69, 9.17) is 34.8 Å². The van der Waals surface area contributed by atoms with Crippen molar-refractivity contribution in [2.24, 2.45) is 11.3 Å². The van der Waals surface area contributed by atoms with E-state index in [-0.39, 0.29) is 11.2 Å². The monoisotopic (exact) mass is 310 g/mol. The average Bonchev–Trinajstić information content (AvgIpc) is 2.31. The Labute approximate surface area is 123 Å². The first-order valence-electron chi connectivity index (χ1n) is 5.98. The van der Waals surface area contributed by atoms with Gasteiger partial charge in [-0.1, -0.05) is 31.5 Å². The molecule has 0 atom stereocenters. The fourth-order valence-electron chi connectivity index (χ4n) is 2.25. The van der Waals surface area contributed by atoms with Crippen LogP contribution in [0, 0.1) is 17.2 Å². The smallest absolute Gasteiger partial charge is 0.124 e. The summed E-state index contributed by atoms with van der Waals surface area (Å²) in [7, 11) is 0. The van der Waals surface area contributed by atoms with Gasteiger partial charge in [-0.2, -0.15) is 0 Å². The van der Waals surface area contributed by atoms with Crippen LogP contribution in [0.2, 0.25) is 5.02 Å². The number of hydrogen-bond acceptors (Lipinski definition) is 0. The molecule has 0 fully saturated rings. The quantitative estimate of drug-likeness (QED) is 0.606. The molecule has 0 bridgehead atoms. The van der Waals surface area contributed by atoms with Crippen molar-refractivity contribution in [3.8, 4) is 0 Å². The van der Waals surface area contributed by atoms with E-state index >= 15 is 0 Å². The minimum absolute atomic E-state index is 0.182. The minimum atomic E-state index is -0.324. The molecule has 0 aliphatic heterocycles. The zero-order valence-electron chi connectivity index (χ0n) is 10.6. The van der Waals surface area contributed by atoms with E-state index in [2.05, 4.69) is 13.8 Å². The topological polar surface area (TPSA) is 0 Å². The third-order valence-corrected chi connectivity index (χ3v) is 4.47. The summed E-state index contributed by atoms with van der Waals surface area (Å²) in [4.78, 5) is 0. The molecule has 0 heterocycles. The number of hydrogen-bond donors (Lipinski definition) is 0. The molecule has 0 nitrogen and oxygen atoms in total. The first-order valence-corrected chi connectivity index (χ1v) is 7.43. The van der Waals surface area contributed by atoms with Crippen LogP contribution in [0.25, 0.3) is 0 Å². The summed E-state index contributed by atoms with van der Waals surface area (Å²) in [6.07, 6.45) is 1.60. The SMILES string of the molecule is CC(C)CC(CCl)(CCl)Cc1ccc(F)cc1Cl.